The van der Waals surface area contributed by atoms with E-state index in [9.17, 15) is 29.7 Å². The number of carboxylic acid groups (broad SMARTS) is 1. The van der Waals surface area contributed by atoms with Gasteiger partial charge in [0.1, 0.15) is 5.92 Å². The van der Waals surface area contributed by atoms with Crippen molar-refractivity contribution >= 4 is 23.3 Å². The third kappa shape index (κ3) is 2.95. The molecule has 5 atom stereocenters. The molecule has 192 valence electrons. The molecular formula is C28H28N2O7. The first kappa shape index (κ1) is 22.7. The standard InChI is InChI=1S/C28H28N2O7/c31-19-8-7-15-11-20-28(36)12-17(25(33)29-18-4-2-1-3-16(18)26(34)35)22(32)24-27(28,21(15)23(19)37-24)9-10-30(20)13-14-5-6-14/h1-4,7-8,14,17,20,24,31,36H,5-6,9-13H2,(H,29,33)(H,34,35)/t17?,20-,24+,27+,28-/m1/s1. The summed E-state index contributed by atoms with van der Waals surface area (Å²) >= 11 is 0. The molecule has 2 aromatic rings. The molecule has 2 saturated carbocycles. The normalized spacial score (nSPS) is 33.4. The summed E-state index contributed by atoms with van der Waals surface area (Å²) in [7, 11) is 0. The Morgan fingerprint density at radius 3 is 2.70 bits per heavy atom. The molecular weight excluding hydrogens is 476 g/mol. The molecule has 3 fully saturated rings. The maximum Gasteiger partial charge on any atom is 0.337 e. The molecule has 0 aromatic heterocycles. The van der Waals surface area contributed by atoms with Crippen molar-refractivity contribution in [1.29, 1.82) is 0 Å². The highest BCUT2D eigenvalue weighted by Gasteiger charge is 2.75. The van der Waals surface area contributed by atoms with Crippen LogP contribution in [0.3, 0.4) is 0 Å². The molecule has 2 bridgehead atoms. The van der Waals surface area contributed by atoms with Gasteiger partial charge in [0.05, 0.1) is 22.3 Å². The lowest BCUT2D eigenvalue weighted by Gasteiger charge is -2.63. The van der Waals surface area contributed by atoms with Gasteiger partial charge in [0.25, 0.3) is 0 Å². The number of anilines is 1. The Morgan fingerprint density at radius 1 is 1.16 bits per heavy atom. The van der Waals surface area contributed by atoms with E-state index in [1.54, 1.807) is 18.2 Å². The zero-order valence-electron chi connectivity index (χ0n) is 20.1. The van der Waals surface area contributed by atoms with Gasteiger partial charge in [-0.1, -0.05) is 18.2 Å². The summed E-state index contributed by atoms with van der Waals surface area (Å²) in [6, 6.07) is 9.16. The number of ketones is 1. The number of para-hydroxylation sites is 1. The van der Waals surface area contributed by atoms with Crippen molar-refractivity contribution in [2.45, 2.75) is 55.3 Å². The molecule has 2 aliphatic heterocycles. The minimum absolute atomic E-state index is 0.0760. The monoisotopic (exact) mass is 504 g/mol. The Labute approximate surface area is 213 Å². The number of phenols is 1. The Hall–Kier alpha value is -3.43. The van der Waals surface area contributed by atoms with Gasteiger partial charge in [0.2, 0.25) is 5.91 Å². The van der Waals surface area contributed by atoms with Crippen LogP contribution in [0.1, 0.15) is 47.2 Å². The van der Waals surface area contributed by atoms with Crippen LogP contribution in [0.2, 0.25) is 0 Å². The van der Waals surface area contributed by atoms with Crippen LogP contribution in [0.5, 0.6) is 11.5 Å². The second-order valence-electron chi connectivity index (χ2n) is 11.2. The molecule has 7 rings (SSSR count). The van der Waals surface area contributed by atoms with Gasteiger partial charge in [-0.3, -0.25) is 14.5 Å². The van der Waals surface area contributed by atoms with Crippen molar-refractivity contribution < 1.29 is 34.4 Å². The summed E-state index contributed by atoms with van der Waals surface area (Å²) in [4.78, 5) is 41.4. The van der Waals surface area contributed by atoms with Gasteiger partial charge >= 0.3 is 5.97 Å². The first-order valence-electron chi connectivity index (χ1n) is 12.9. The number of carboxylic acids is 1. The van der Waals surface area contributed by atoms with E-state index >= 15 is 0 Å². The van der Waals surface area contributed by atoms with Crippen LogP contribution >= 0.6 is 0 Å². The van der Waals surface area contributed by atoms with Gasteiger partial charge in [-0.15, -0.1) is 0 Å². The number of aliphatic hydroxyl groups is 1. The van der Waals surface area contributed by atoms with Crippen molar-refractivity contribution in [1.82, 2.24) is 4.90 Å². The van der Waals surface area contributed by atoms with Crippen molar-refractivity contribution in [2.24, 2.45) is 11.8 Å². The number of nitrogens with zero attached hydrogens (tertiary/aromatic N) is 1. The number of piperidine rings is 1. The number of aromatic hydroxyl groups is 1. The predicted octanol–water partition coefficient (Wildman–Crippen LogP) is 2.09. The van der Waals surface area contributed by atoms with Crippen molar-refractivity contribution in [2.75, 3.05) is 18.4 Å². The number of hydrogen-bond acceptors (Lipinski definition) is 7. The molecule has 2 aromatic carbocycles. The van der Waals surface area contributed by atoms with Crippen LogP contribution in [0, 0.1) is 11.8 Å². The molecule has 1 unspecified atom stereocenters. The van der Waals surface area contributed by atoms with E-state index in [0.29, 0.717) is 30.9 Å². The number of benzene rings is 2. The zero-order chi connectivity index (χ0) is 25.7. The maximum atomic E-state index is 13.9. The summed E-state index contributed by atoms with van der Waals surface area (Å²) in [6.45, 7) is 1.57. The number of phenolic OH excluding ortho intramolecular Hbond substituents is 1. The van der Waals surface area contributed by atoms with Gasteiger partial charge in [-0.2, -0.15) is 0 Å². The van der Waals surface area contributed by atoms with Gasteiger partial charge in [-0.25, -0.2) is 4.79 Å². The lowest BCUT2D eigenvalue weighted by atomic mass is 9.47. The molecule has 0 radical (unpaired) electrons. The number of hydrogen-bond donors (Lipinski definition) is 4. The average Bonchev–Trinajstić information content (AvgIpc) is 3.61. The van der Waals surface area contributed by atoms with Crippen LogP contribution in [0.4, 0.5) is 5.69 Å². The summed E-state index contributed by atoms with van der Waals surface area (Å²) in [5.41, 5.74) is -0.777. The molecule has 1 saturated heterocycles. The van der Waals surface area contributed by atoms with Gasteiger partial charge in [-0.05, 0) is 68.3 Å². The van der Waals surface area contributed by atoms with Crippen LogP contribution in [-0.2, 0) is 21.4 Å². The van der Waals surface area contributed by atoms with Gasteiger partial charge < -0.3 is 25.4 Å². The Kier molecular flexibility index (Phi) is 4.64. The Balaban J connectivity index is 1.31. The fourth-order valence-corrected chi connectivity index (χ4v) is 7.52. The second kappa shape index (κ2) is 7.55. The second-order valence-corrected chi connectivity index (χ2v) is 11.2. The number of aromatic carboxylic acids is 1. The molecule has 4 N–H and O–H groups in total. The van der Waals surface area contributed by atoms with Gasteiger partial charge in [0, 0.05) is 18.2 Å². The first-order chi connectivity index (χ1) is 17.7. The highest BCUT2D eigenvalue weighted by Crippen LogP contribution is 2.65. The average molecular weight is 505 g/mol. The number of rotatable bonds is 5. The van der Waals surface area contributed by atoms with Crippen molar-refractivity contribution in [3.8, 4) is 11.5 Å². The number of carbonyl (C=O) groups excluding carboxylic acids is 2. The Morgan fingerprint density at radius 2 is 1.95 bits per heavy atom. The van der Waals surface area contributed by atoms with Crippen LogP contribution in [0.25, 0.3) is 0 Å². The van der Waals surface area contributed by atoms with E-state index in [1.807, 2.05) is 6.07 Å². The molecule has 37 heavy (non-hydrogen) atoms. The fourth-order valence-electron chi connectivity index (χ4n) is 7.52. The summed E-state index contributed by atoms with van der Waals surface area (Å²) in [5, 5.41) is 35.4. The molecule has 9 nitrogen and oxygen atoms in total. The fraction of sp³-hybridized carbons (Fsp3) is 0.464. The minimum Gasteiger partial charge on any atom is -0.504 e. The number of amides is 1. The van der Waals surface area contributed by atoms with Crippen molar-refractivity contribution in [3.05, 3.63) is 53.1 Å². The maximum absolute atomic E-state index is 13.9. The van der Waals surface area contributed by atoms with Crippen LogP contribution in [0.15, 0.2) is 36.4 Å². The third-order valence-electron chi connectivity index (χ3n) is 9.36. The Bertz CT molecular complexity index is 1370. The topological polar surface area (TPSA) is 136 Å². The summed E-state index contributed by atoms with van der Waals surface area (Å²) in [6.07, 6.45) is 2.16. The molecule has 1 spiro atoms. The molecule has 1 amide bonds. The van der Waals surface area contributed by atoms with E-state index in [2.05, 4.69) is 10.2 Å². The first-order valence-corrected chi connectivity index (χ1v) is 12.9. The third-order valence-corrected chi connectivity index (χ3v) is 9.36. The summed E-state index contributed by atoms with van der Waals surface area (Å²) in [5.74, 6) is -2.78. The smallest absolute Gasteiger partial charge is 0.337 e. The van der Waals surface area contributed by atoms with Crippen molar-refractivity contribution in [3.63, 3.8) is 0 Å². The number of carbonyl (C=O) groups is 3. The lowest BCUT2D eigenvalue weighted by molar-refractivity contribution is -0.197. The van der Waals surface area contributed by atoms with E-state index in [0.717, 1.165) is 12.1 Å². The summed E-state index contributed by atoms with van der Waals surface area (Å²) < 4.78 is 6.16. The highest BCUT2D eigenvalue weighted by atomic mass is 16.5. The van der Waals surface area contributed by atoms with E-state index in [4.69, 9.17) is 4.74 Å². The largest absolute Gasteiger partial charge is 0.504 e. The number of ether oxygens (including phenoxy) is 1. The molecule has 3 aliphatic carbocycles. The SMILES string of the molecule is O=C(O)c1ccccc1NC(=O)C1C[C@@]2(O)[C@H]3Cc4ccc(O)c5c4[C@@]2(CCN3CC2CC2)[C@@H](O5)C1=O. The molecule has 9 heteroatoms. The number of likely N-dealkylation sites (tertiary alicyclic amines) is 1. The predicted molar refractivity (Wildman–Crippen MR) is 131 cm³/mol. The molecule has 5 aliphatic rings. The van der Waals surface area contributed by atoms with E-state index in [1.165, 1.54) is 25.0 Å². The van der Waals surface area contributed by atoms with Gasteiger partial charge in [0.15, 0.2) is 23.4 Å². The van der Waals surface area contributed by atoms with Crippen LogP contribution in [-0.4, -0.2) is 68.7 Å². The zero-order valence-corrected chi connectivity index (χ0v) is 20.1. The van der Waals surface area contributed by atoms with E-state index < -0.39 is 40.7 Å². The quantitative estimate of drug-likeness (QED) is 0.455. The molecule has 2 heterocycles. The minimum atomic E-state index is -1.43. The number of Topliss-reactive ketones (excluding diaryl/α,β-unsaturated/α-hetero) is 1. The van der Waals surface area contributed by atoms with E-state index in [-0.39, 0.29) is 35.2 Å². The lowest BCUT2D eigenvalue weighted by Crippen LogP contribution is -2.78. The number of nitrogens with one attached hydrogen (secondary N) is 1. The highest BCUT2D eigenvalue weighted by molar-refractivity contribution is 6.12. The van der Waals surface area contributed by atoms with Crippen LogP contribution < -0.4 is 10.1 Å².